The Morgan fingerprint density at radius 1 is 0.905 bits per heavy atom. The lowest BCUT2D eigenvalue weighted by molar-refractivity contribution is -0.274. The number of carbonyl (C=O) groups excluding carboxylic acids is 1. The minimum atomic E-state index is -4.94. The van der Waals surface area contributed by atoms with Crippen molar-refractivity contribution >= 4 is 11.9 Å². The van der Waals surface area contributed by atoms with Crippen molar-refractivity contribution in [3.05, 3.63) is 89.9 Å². The minimum absolute atomic E-state index is 0.0702. The van der Waals surface area contributed by atoms with E-state index in [1.165, 1.54) is 36.4 Å². The number of ether oxygens (including phenoxy) is 2. The first-order valence-electron chi connectivity index (χ1n) is 11.8. The number of aromatic nitrogens is 2. The number of benzene rings is 3. The Balaban J connectivity index is 1.68. The predicted molar refractivity (Wildman–Crippen MR) is 132 cm³/mol. The fourth-order valence-corrected chi connectivity index (χ4v) is 3.63. The first-order valence-corrected chi connectivity index (χ1v) is 11.8. The van der Waals surface area contributed by atoms with Crippen LogP contribution in [0.2, 0.25) is 0 Å². The molecule has 1 aromatic heterocycles. The van der Waals surface area contributed by atoms with Crippen molar-refractivity contribution in [2.45, 2.75) is 19.0 Å². The third kappa shape index (κ3) is 7.56. The first-order chi connectivity index (χ1) is 19.7. The van der Waals surface area contributed by atoms with E-state index in [4.69, 9.17) is 9.84 Å². The Labute approximate surface area is 231 Å². The molecular formula is C27H18F7N3O5. The van der Waals surface area contributed by atoms with Crippen LogP contribution in [-0.2, 0) is 11.0 Å². The number of hydrogen-bond acceptors (Lipinski definition) is 5. The number of alkyl halides is 6. The van der Waals surface area contributed by atoms with E-state index in [1.807, 2.05) is 0 Å². The maximum atomic E-state index is 14.6. The van der Waals surface area contributed by atoms with E-state index in [0.29, 0.717) is 18.2 Å². The molecule has 3 aromatic carbocycles. The van der Waals surface area contributed by atoms with Gasteiger partial charge in [0.1, 0.15) is 23.0 Å². The summed E-state index contributed by atoms with van der Waals surface area (Å²) in [6.07, 6.45) is -8.87. The number of nitrogens with zero attached hydrogens (tertiary/aromatic N) is 2. The van der Waals surface area contributed by atoms with Gasteiger partial charge < -0.3 is 19.9 Å². The monoisotopic (exact) mass is 597 g/mol. The number of carbonyl (C=O) groups is 2. The molecule has 1 heterocycles. The summed E-state index contributed by atoms with van der Waals surface area (Å²) in [7, 11) is 0. The Morgan fingerprint density at radius 2 is 1.55 bits per heavy atom. The molecule has 220 valence electrons. The van der Waals surface area contributed by atoms with Crippen LogP contribution in [0.15, 0.2) is 72.9 Å². The maximum Gasteiger partial charge on any atom is 0.573 e. The van der Waals surface area contributed by atoms with E-state index in [2.05, 4.69) is 15.2 Å². The second-order valence-electron chi connectivity index (χ2n) is 8.55. The summed E-state index contributed by atoms with van der Waals surface area (Å²) in [5, 5.41) is 15.2. The summed E-state index contributed by atoms with van der Waals surface area (Å²) in [6.45, 7) is -0.105. The molecule has 0 spiro atoms. The van der Waals surface area contributed by atoms with Crippen LogP contribution in [0.1, 0.15) is 22.3 Å². The lowest BCUT2D eigenvalue weighted by Gasteiger charge is -2.10. The Kier molecular flexibility index (Phi) is 8.40. The number of rotatable bonds is 9. The Morgan fingerprint density at radius 3 is 2.14 bits per heavy atom. The topological polar surface area (TPSA) is 103 Å². The van der Waals surface area contributed by atoms with Crippen LogP contribution >= 0.6 is 0 Å². The number of carboxylic acid groups (broad SMARTS) is 1. The Hall–Kier alpha value is -5.08. The molecule has 1 amide bonds. The van der Waals surface area contributed by atoms with Crippen LogP contribution < -0.4 is 14.8 Å². The standard InChI is InChI=1S/C27H18F7N3O5/c28-21-10-5-17(26(29,30)31)13-22(21)37-14-20(15-1-8-19(9-2-15)42-27(32,33)34)25(36-37)41-18-6-3-16(4-7-18)24(40)35-12-11-23(38)39/h1-10,13-14H,11-12H2,(H,35,40)(H,38,39). The molecule has 0 atom stereocenters. The largest absolute Gasteiger partial charge is 0.573 e. The van der Waals surface area contributed by atoms with Gasteiger partial charge in [-0.3, -0.25) is 9.59 Å². The molecule has 0 radical (unpaired) electrons. The van der Waals surface area contributed by atoms with Gasteiger partial charge >= 0.3 is 18.5 Å². The normalized spacial score (nSPS) is 11.7. The average Bonchev–Trinajstić information content (AvgIpc) is 3.31. The second-order valence-corrected chi connectivity index (χ2v) is 8.55. The quantitative estimate of drug-likeness (QED) is 0.211. The number of amides is 1. The van der Waals surface area contributed by atoms with Crippen LogP contribution in [0.3, 0.4) is 0 Å². The smallest absolute Gasteiger partial charge is 0.481 e. The van der Waals surface area contributed by atoms with E-state index >= 15 is 0 Å². The molecular weight excluding hydrogens is 579 g/mol. The van der Waals surface area contributed by atoms with Gasteiger partial charge in [-0.15, -0.1) is 18.3 Å². The first kappa shape index (κ1) is 29.9. The van der Waals surface area contributed by atoms with Gasteiger partial charge in [-0.2, -0.15) is 13.2 Å². The molecule has 42 heavy (non-hydrogen) atoms. The fourth-order valence-electron chi connectivity index (χ4n) is 3.63. The van der Waals surface area contributed by atoms with Gasteiger partial charge in [-0.25, -0.2) is 9.07 Å². The second kappa shape index (κ2) is 11.8. The third-order valence-corrected chi connectivity index (χ3v) is 5.55. The highest BCUT2D eigenvalue weighted by atomic mass is 19.4. The zero-order chi connectivity index (χ0) is 30.7. The molecule has 0 aliphatic rings. The molecule has 4 rings (SSSR count). The maximum absolute atomic E-state index is 14.6. The van der Waals surface area contributed by atoms with Gasteiger partial charge in [0.25, 0.3) is 5.91 Å². The number of aliphatic carboxylic acids is 1. The van der Waals surface area contributed by atoms with E-state index in [1.54, 1.807) is 0 Å². The number of carboxylic acids is 1. The molecule has 4 aromatic rings. The molecule has 8 nitrogen and oxygen atoms in total. The number of halogens is 7. The van der Waals surface area contributed by atoms with Gasteiger partial charge in [0.05, 0.1) is 17.5 Å². The van der Waals surface area contributed by atoms with Crippen molar-refractivity contribution in [1.29, 1.82) is 0 Å². The van der Waals surface area contributed by atoms with E-state index in [-0.39, 0.29) is 41.3 Å². The van der Waals surface area contributed by atoms with E-state index < -0.39 is 47.2 Å². The fraction of sp³-hybridized carbons (Fsp3) is 0.148. The van der Waals surface area contributed by atoms with Crippen molar-refractivity contribution in [2.24, 2.45) is 0 Å². The summed E-state index contributed by atoms with van der Waals surface area (Å²) in [5.41, 5.74) is -1.30. The lowest BCUT2D eigenvalue weighted by atomic mass is 10.1. The molecule has 15 heteroatoms. The molecule has 0 saturated heterocycles. The Bertz CT molecular complexity index is 1580. The van der Waals surface area contributed by atoms with Gasteiger partial charge in [0.15, 0.2) is 0 Å². The van der Waals surface area contributed by atoms with Crippen molar-refractivity contribution in [3.8, 4) is 34.2 Å². The van der Waals surface area contributed by atoms with Crippen LogP contribution in [0, 0.1) is 5.82 Å². The van der Waals surface area contributed by atoms with Crippen LogP contribution in [-0.4, -0.2) is 39.7 Å². The highest BCUT2D eigenvalue weighted by Crippen LogP contribution is 2.36. The van der Waals surface area contributed by atoms with Gasteiger partial charge in [-0.05, 0) is 60.2 Å². The highest BCUT2D eigenvalue weighted by Gasteiger charge is 2.32. The van der Waals surface area contributed by atoms with Gasteiger partial charge in [-0.1, -0.05) is 12.1 Å². The highest BCUT2D eigenvalue weighted by molar-refractivity contribution is 5.94. The van der Waals surface area contributed by atoms with Crippen LogP contribution in [0.25, 0.3) is 16.8 Å². The summed E-state index contributed by atoms with van der Waals surface area (Å²) >= 11 is 0. The molecule has 0 fully saturated rings. The zero-order valence-corrected chi connectivity index (χ0v) is 21.0. The van der Waals surface area contributed by atoms with Gasteiger partial charge in [0.2, 0.25) is 5.88 Å². The lowest BCUT2D eigenvalue weighted by Crippen LogP contribution is -2.25. The molecule has 0 aliphatic heterocycles. The summed E-state index contributed by atoms with van der Waals surface area (Å²) in [6, 6.07) is 11.5. The SMILES string of the molecule is O=C(O)CCNC(=O)c1ccc(Oc2nn(-c3cc(C(F)(F)F)ccc3F)cc2-c2ccc(OC(F)(F)F)cc2)cc1. The zero-order valence-electron chi connectivity index (χ0n) is 21.0. The third-order valence-electron chi connectivity index (χ3n) is 5.55. The molecule has 0 unspecified atom stereocenters. The van der Waals surface area contributed by atoms with Crippen molar-refractivity contribution in [2.75, 3.05) is 6.54 Å². The molecule has 2 N–H and O–H groups in total. The molecule has 0 aliphatic carbocycles. The average molecular weight is 597 g/mol. The minimum Gasteiger partial charge on any atom is -0.481 e. The molecule has 0 saturated carbocycles. The summed E-state index contributed by atoms with van der Waals surface area (Å²) in [4.78, 5) is 22.8. The van der Waals surface area contributed by atoms with Crippen molar-refractivity contribution in [1.82, 2.24) is 15.1 Å². The van der Waals surface area contributed by atoms with Crippen LogP contribution in [0.5, 0.6) is 17.4 Å². The van der Waals surface area contributed by atoms with Gasteiger partial charge in [0, 0.05) is 18.3 Å². The summed E-state index contributed by atoms with van der Waals surface area (Å²) in [5.74, 6) is -3.41. The summed E-state index contributed by atoms with van der Waals surface area (Å²) < 4.78 is 103. The molecule has 0 bridgehead atoms. The van der Waals surface area contributed by atoms with Crippen LogP contribution in [0.4, 0.5) is 30.7 Å². The van der Waals surface area contributed by atoms with Crippen molar-refractivity contribution < 1.29 is 54.9 Å². The van der Waals surface area contributed by atoms with Crippen molar-refractivity contribution in [3.63, 3.8) is 0 Å². The number of nitrogens with one attached hydrogen (secondary N) is 1. The van der Waals surface area contributed by atoms with E-state index in [9.17, 15) is 40.3 Å². The van der Waals surface area contributed by atoms with E-state index in [0.717, 1.165) is 23.0 Å². The number of hydrogen-bond donors (Lipinski definition) is 2. The predicted octanol–water partition coefficient (Wildman–Crippen LogP) is 6.59.